The molecule has 1 fully saturated rings. The summed E-state index contributed by atoms with van der Waals surface area (Å²) in [5, 5.41) is 7.70. The molecular formula is C15H22N4O. The minimum absolute atomic E-state index is 0.709. The summed E-state index contributed by atoms with van der Waals surface area (Å²) in [4.78, 5) is 2.28. The van der Waals surface area contributed by atoms with Gasteiger partial charge in [0.25, 0.3) is 0 Å². The molecule has 0 radical (unpaired) electrons. The predicted molar refractivity (Wildman–Crippen MR) is 76.9 cm³/mol. The highest BCUT2D eigenvalue weighted by atomic mass is 16.3. The minimum Gasteiger partial charge on any atom is -0.468 e. The summed E-state index contributed by atoms with van der Waals surface area (Å²) in [6.45, 7) is 2.63. The molecular weight excluding hydrogens is 252 g/mol. The van der Waals surface area contributed by atoms with E-state index in [0.29, 0.717) is 6.04 Å². The fraction of sp³-hybridized carbons (Fsp3) is 0.533. The first-order valence-electron chi connectivity index (χ1n) is 7.15. The number of nitrogens with one attached hydrogen (secondary N) is 1. The normalized spacial score (nSPS) is 15.2. The molecule has 0 aromatic carbocycles. The molecule has 0 spiro atoms. The van der Waals surface area contributed by atoms with E-state index < -0.39 is 0 Å². The topological polar surface area (TPSA) is 46.2 Å². The highest BCUT2D eigenvalue weighted by Gasteiger charge is 2.21. The van der Waals surface area contributed by atoms with E-state index in [0.717, 1.165) is 25.4 Å². The van der Waals surface area contributed by atoms with Crippen LogP contribution in [-0.2, 0) is 26.7 Å². The number of hydrogen-bond acceptors (Lipinski definition) is 4. The highest BCUT2D eigenvalue weighted by molar-refractivity contribution is 5.17. The molecule has 0 unspecified atom stereocenters. The van der Waals surface area contributed by atoms with Gasteiger partial charge in [-0.1, -0.05) is 0 Å². The molecule has 0 bridgehead atoms. The molecule has 20 heavy (non-hydrogen) atoms. The Kier molecular flexibility index (Phi) is 3.89. The summed E-state index contributed by atoms with van der Waals surface area (Å²) >= 11 is 0. The molecule has 0 saturated heterocycles. The van der Waals surface area contributed by atoms with E-state index in [2.05, 4.69) is 34.6 Å². The largest absolute Gasteiger partial charge is 0.468 e. The van der Waals surface area contributed by atoms with Gasteiger partial charge in [-0.25, -0.2) is 0 Å². The Hall–Kier alpha value is -1.59. The second kappa shape index (κ2) is 5.81. The number of furan rings is 1. The Labute approximate surface area is 119 Å². The van der Waals surface area contributed by atoms with E-state index in [-0.39, 0.29) is 0 Å². The SMILES string of the molecule is CN(Cc1cnn(C)c1)Cc1ccoc1CNC1CC1. The lowest BCUT2D eigenvalue weighted by molar-refractivity contribution is 0.314. The van der Waals surface area contributed by atoms with Crippen LogP contribution in [0.3, 0.4) is 0 Å². The average molecular weight is 274 g/mol. The first kappa shape index (κ1) is 13.4. The van der Waals surface area contributed by atoms with Gasteiger partial charge in [-0.15, -0.1) is 0 Å². The first-order valence-corrected chi connectivity index (χ1v) is 7.15. The zero-order valence-electron chi connectivity index (χ0n) is 12.2. The second-order valence-corrected chi connectivity index (χ2v) is 5.72. The summed E-state index contributed by atoms with van der Waals surface area (Å²) in [6.07, 6.45) is 8.37. The number of aromatic nitrogens is 2. The van der Waals surface area contributed by atoms with Crippen LogP contribution in [0.4, 0.5) is 0 Å². The first-order chi connectivity index (χ1) is 9.70. The number of aryl methyl sites for hydroxylation is 1. The Morgan fingerprint density at radius 1 is 1.45 bits per heavy atom. The summed E-state index contributed by atoms with van der Waals surface area (Å²) in [6, 6.07) is 2.78. The van der Waals surface area contributed by atoms with Crippen LogP contribution >= 0.6 is 0 Å². The molecule has 0 atom stereocenters. The van der Waals surface area contributed by atoms with Gasteiger partial charge >= 0.3 is 0 Å². The van der Waals surface area contributed by atoms with Gasteiger partial charge in [-0.05, 0) is 26.0 Å². The van der Waals surface area contributed by atoms with Crippen molar-refractivity contribution in [3.63, 3.8) is 0 Å². The van der Waals surface area contributed by atoms with Crippen molar-refractivity contribution in [3.05, 3.63) is 41.6 Å². The molecule has 1 N–H and O–H groups in total. The summed E-state index contributed by atoms with van der Waals surface area (Å²) in [7, 11) is 4.07. The van der Waals surface area contributed by atoms with Gasteiger partial charge in [0, 0.05) is 43.5 Å². The van der Waals surface area contributed by atoms with Gasteiger partial charge in [0.15, 0.2) is 0 Å². The van der Waals surface area contributed by atoms with Gasteiger partial charge in [0.05, 0.1) is 19.0 Å². The van der Waals surface area contributed by atoms with Crippen LogP contribution in [0.5, 0.6) is 0 Å². The van der Waals surface area contributed by atoms with Crippen LogP contribution in [0.15, 0.2) is 29.1 Å². The number of nitrogens with zero attached hydrogens (tertiary/aromatic N) is 3. The van der Waals surface area contributed by atoms with Crippen molar-refractivity contribution >= 4 is 0 Å². The van der Waals surface area contributed by atoms with Gasteiger partial charge in [-0.3, -0.25) is 9.58 Å². The third kappa shape index (κ3) is 3.49. The second-order valence-electron chi connectivity index (χ2n) is 5.72. The lowest BCUT2D eigenvalue weighted by Crippen LogP contribution is -2.20. The number of rotatable bonds is 7. The monoisotopic (exact) mass is 274 g/mol. The Morgan fingerprint density at radius 3 is 3.00 bits per heavy atom. The molecule has 5 nitrogen and oxygen atoms in total. The fourth-order valence-electron chi connectivity index (χ4n) is 2.40. The smallest absolute Gasteiger partial charge is 0.122 e. The van der Waals surface area contributed by atoms with Crippen LogP contribution in [0.2, 0.25) is 0 Å². The van der Waals surface area contributed by atoms with Crippen molar-refractivity contribution in [2.24, 2.45) is 7.05 Å². The summed E-state index contributed by atoms with van der Waals surface area (Å²) < 4.78 is 7.43. The molecule has 2 aromatic rings. The van der Waals surface area contributed by atoms with Crippen LogP contribution in [0.25, 0.3) is 0 Å². The Morgan fingerprint density at radius 2 is 2.30 bits per heavy atom. The van der Waals surface area contributed by atoms with Gasteiger partial charge in [0.1, 0.15) is 5.76 Å². The lowest BCUT2D eigenvalue weighted by atomic mass is 10.2. The van der Waals surface area contributed by atoms with Crippen LogP contribution in [0.1, 0.15) is 29.7 Å². The van der Waals surface area contributed by atoms with Crippen LogP contribution in [0, 0.1) is 0 Å². The molecule has 1 aliphatic rings. The maximum Gasteiger partial charge on any atom is 0.122 e. The maximum absolute atomic E-state index is 5.59. The maximum atomic E-state index is 5.59. The average Bonchev–Trinajstić information content (AvgIpc) is 3.01. The fourth-order valence-corrected chi connectivity index (χ4v) is 2.40. The van der Waals surface area contributed by atoms with Crippen molar-refractivity contribution in [2.45, 2.75) is 38.5 Å². The van der Waals surface area contributed by atoms with E-state index >= 15 is 0 Å². The predicted octanol–water partition coefficient (Wildman–Crippen LogP) is 1.90. The standard InChI is InChI=1S/C15H22N4O/c1-18(9-12-7-17-19(2)10-12)11-13-5-6-20-15(13)8-16-14-3-4-14/h5-7,10,14,16H,3-4,8-9,11H2,1-2H3. The zero-order chi connectivity index (χ0) is 13.9. The third-order valence-corrected chi connectivity index (χ3v) is 3.62. The van der Waals surface area contributed by atoms with E-state index in [1.165, 1.54) is 24.0 Å². The lowest BCUT2D eigenvalue weighted by Gasteiger charge is -2.15. The van der Waals surface area contributed by atoms with Crippen LogP contribution in [-0.4, -0.2) is 27.8 Å². The summed E-state index contributed by atoms with van der Waals surface area (Å²) in [5.74, 6) is 1.06. The van der Waals surface area contributed by atoms with Crippen molar-refractivity contribution in [1.29, 1.82) is 0 Å². The van der Waals surface area contributed by atoms with Gasteiger partial charge in [0.2, 0.25) is 0 Å². The molecule has 2 heterocycles. The van der Waals surface area contributed by atoms with E-state index in [1.807, 2.05) is 17.9 Å². The zero-order valence-corrected chi connectivity index (χ0v) is 12.2. The van der Waals surface area contributed by atoms with Gasteiger partial charge < -0.3 is 9.73 Å². The molecule has 0 aliphatic heterocycles. The van der Waals surface area contributed by atoms with Gasteiger partial charge in [-0.2, -0.15) is 5.10 Å². The number of hydrogen-bond donors (Lipinski definition) is 1. The molecule has 1 aliphatic carbocycles. The van der Waals surface area contributed by atoms with Crippen molar-refractivity contribution in [2.75, 3.05) is 7.05 Å². The Balaban J connectivity index is 1.54. The Bertz CT molecular complexity index is 556. The van der Waals surface area contributed by atoms with Crippen molar-refractivity contribution in [1.82, 2.24) is 20.0 Å². The molecule has 2 aromatic heterocycles. The van der Waals surface area contributed by atoms with Crippen molar-refractivity contribution in [3.8, 4) is 0 Å². The molecule has 5 heteroatoms. The minimum atomic E-state index is 0.709. The molecule has 3 rings (SSSR count). The van der Waals surface area contributed by atoms with E-state index in [1.54, 1.807) is 6.26 Å². The summed E-state index contributed by atoms with van der Waals surface area (Å²) in [5.41, 5.74) is 2.50. The van der Waals surface area contributed by atoms with E-state index in [4.69, 9.17) is 4.42 Å². The van der Waals surface area contributed by atoms with E-state index in [9.17, 15) is 0 Å². The van der Waals surface area contributed by atoms with Crippen LogP contribution < -0.4 is 5.32 Å². The van der Waals surface area contributed by atoms with Crippen molar-refractivity contribution < 1.29 is 4.42 Å². The molecule has 0 amide bonds. The third-order valence-electron chi connectivity index (χ3n) is 3.62. The molecule has 1 saturated carbocycles. The highest BCUT2D eigenvalue weighted by Crippen LogP contribution is 2.21. The quantitative estimate of drug-likeness (QED) is 0.837. The molecule has 108 valence electrons.